The Hall–Kier alpha value is -2.85. The Morgan fingerprint density at radius 1 is 1.34 bits per heavy atom. The van der Waals surface area contributed by atoms with Crippen LogP contribution in [0.2, 0.25) is 0 Å². The Morgan fingerprint density at radius 2 is 2.21 bits per heavy atom. The average molecular weight is 409 g/mol. The van der Waals surface area contributed by atoms with Gasteiger partial charge in [-0.1, -0.05) is 32.4 Å². The molecule has 0 radical (unpaired) electrons. The maximum Gasteiger partial charge on any atom is 0.203 e. The van der Waals surface area contributed by atoms with Gasteiger partial charge in [-0.15, -0.1) is 0 Å². The summed E-state index contributed by atoms with van der Waals surface area (Å²) in [5, 5.41) is 16.5. The van der Waals surface area contributed by atoms with Gasteiger partial charge in [-0.3, -0.25) is 9.98 Å². The second-order valence-electron chi connectivity index (χ2n) is 6.39. The predicted octanol–water partition coefficient (Wildman–Crippen LogP) is 4.58. The van der Waals surface area contributed by atoms with Crippen molar-refractivity contribution in [2.75, 3.05) is 7.05 Å². The number of fused-ring (bicyclic) bond motifs is 1. The summed E-state index contributed by atoms with van der Waals surface area (Å²) < 4.78 is 4.58. The van der Waals surface area contributed by atoms with Crippen molar-refractivity contribution in [1.82, 2.24) is 15.6 Å². The van der Waals surface area contributed by atoms with Crippen molar-refractivity contribution in [1.29, 1.82) is 5.26 Å². The summed E-state index contributed by atoms with van der Waals surface area (Å²) in [5.74, 6) is 0.704. The number of aromatic nitrogens is 1. The fourth-order valence-corrected chi connectivity index (χ4v) is 3.39. The Balaban J connectivity index is 1.99. The van der Waals surface area contributed by atoms with Gasteiger partial charge in [0.05, 0.1) is 17.1 Å². The maximum atomic E-state index is 9.00. The minimum atomic E-state index is 0.100. The van der Waals surface area contributed by atoms with Crippen LogP contribution in [0.5, 0.6) is 0 Å². The molecular formula is C22H28N6S. The number of allylic oxidation sites excluding steroid dienone is 2. The standard InChI is InChI=1S/C22H28N6S/c1-4-6-7-11-25-21(8-5-2)29-28-22(24-3)27-16-18-12-19-10-9-17(14-23)13-20(19)26-15-18/h6-7,9-13,15,21H,4-5,8,16H2,1-3H3,(H2,24,27,28)/b7-6-,25-11-. The van der Waals surface area contributed by atoms with Crippen LogP contribution in [-0.4, -0.2) is 29.6 Å². The molecule has 2 aromatic rings. The number of guanidine groups is 1. The van der Waals surface area contributed by atoms with E-state index in [0.29, 0.717) is 18.1 Å². The van der Waals surface area contributed by atoms with Gasteiger partial charge >= 0.3 is 0 Å². The van der Waals surface area contributed by atoms with E-state index >= 15 is 0 Å². The van der Waals surface area contributed by atoms with Crippen LogP contribution in [0.25, 0.3) is 10.9 Å². The number of aliphatic imine (C=N–C) groups is 1. The zero-order valence-corrected chi connectivity index (χ0v) is 18.0. The van der Waals surface area contributed by atoms with Gasteiger partial charge < -0.3 is 10.6 Å². The van der Waals surface area contributed by atoms with Crippen molar-refractivity contribution in [2.24, 2.45) is 9.39 Å². The maximum absolute atomic E-state index is 9.00. The Labute approximate surface area is 177 Å². The van der Waals surface area contributed by atoms with Gasteiger partial charge in [-0.2, -0.15) is 9.66 Å². The lowest BCUT2D eigenvalue weighted by molar-refractivity contribution is 0.768. The fourth-order valence-electron chi connectivity index (χ4n) is 2.54. The molecule has 1 heterocycles. The molecule has 152 valence electrons. The number of hydrogen-bond acceptors (Lipinski definition) is 5. The topological polar surface area (TPSA) is 85.5 Å². The van der Waals surface area contributed by atoms with Crippen LogP contribution in [-0.2, 0) is 6.54 Å². The Kier molecular flexibility index (Phi) is 9.73. The number of rotatable bonds is 9. The monoisotopic (exact) mass is 408 g/mol. The van der Waals surface area contributed by atoms with Gasteiger partial charge in [-0.05, 0) is 42.7 Å². The lowest BCUT2D eigenvalue weighted by atomic mass is 10.1. The van der Waals surface area contributed by atoms with Crippen LogP contribution in [0, 0.1) is 11.3 Å². The van der Waals surface area contributed by atoms with Gasteiger partial charge in [0.25, 0.3) is 0 Å². The normalized spacial score (nSPS) is 13.1. The van der Waals surface area contributed by atoms with Crippen LogP contribution in [0.4, 0.5) is 0 Å². The Morgan fingerprint density at radius 3 is 2.93 bits per heavy atom. The molecule has 1 atom stereocenters. The smallest absolute Gasteiger partial charge is 0.203 e. The van der Waals surface area contributed by atoms with E-state index in [9.17, 15) is 0 Å². The summed E-state index contributed by atoms with van der Waals surface area (Å²) in [6.07, 6.45) is 10.8. The summed E-state index contributed by atoms with van der Waals surface area (Å²) in [7, 11) is 1.84. The minimum Gasteiger partial charge on any atom is -0.359 e. The van der Waals surface area contributed by atoms with E-state index in [1.807, 2.05) is 37.7 Å². The van der Waals surface area contributed by atoms with Gasteiger partial charge in [-0.25, -0.2) is 0 Å². The Bertz CT molecular complexity index is 913. The molecule has 2 N–H and O–H groups in total. The number of hydrogen-bond donors (Lipinski definition) is 2. The quantitative estimate of drug-likeness (QED) is 0.360. The molecule has 0 bridgehead atoms. The molecule has 2 rings (SSSR count). The number of nitrogens with zero attached hydrogens (tertiary/aromatic N) is 4. The SMILES string of the molecule is CC/C=C\C=N/C(CCC)S/N=C(\NC)NCc1cnc2cc(C#N)ccc2c1. The summed E-state index contributed by atoms with van der Waals surface area (Å²) in [6, 6.07) is 9.74. The van der Waals surface area contributed by atoms with Crippen LogP contribution >= 0.6 is 11.9 Å². The van der Waals surface area contributed by atoms with Crippen molar-refractivity contribution in [3.8, 4) is 6.07 Å². The van der Waals surface area contributed by atoms with E-state index < -0.39 is 0 Å². The zero-order valence-electron chi connectivity index (χ0n) is 17.2. The van der Waals surface area contributed by atoms with Crippen molar-refractivity contribution in [3.05, 3.63) is 53.7 Å². The molecule has 1 aromatic heterocycles. The molecule has 1 aromatic carbocycles. The molecule has 0 saturated heterocycles. The van der Waals surface area contributed by atoms with Crippen LogP contribution in [0.1, 0.15) is 44.2 Å². The first-order valence-electron chi connectivity index (χ1n) is 9.82. The van der Waals surface area contributed by atoms with E-state index in [1.54, 1.807) is 6.07 Å². The van der Waals surface area contributed by atoms with Crippen molar-refractivity contribution >= 4 is 35.0 Å². The average Bonchev–Trinajstić information content (AvgIpc) is 2.76. The van der Waals surface area contributed by atoms with Crippen LogP contribution in [0.15, 0.2) is 52.0 Å². The zero-order chi connectivity index (χ0) is 20.9. The number of benzene rings is 1. The highest BCUT2D eigenvalue weighted by Crippen LogP contribution is 2.19. The highest BCUT2D eigenvalue weighted by atomic mass is 32.2. The molecule has 0 saturated carbocycles. The van der Waals surface area contributed by atoms with E-state index in [-0.39, 0.29) is 5.37 Å². The molecule has 0 aliphatic rings. The molecular weight excluding hydrogens is 380 g/mol. The summed E-state index contributed by atoms with van der Waals surface area (Å²) in [4.78, 5) is 9.04. The van der Waals surface area contributed by atoms with E-state index in [0.717, 1.165) is 35.7 Å². The number of nitriles is 1. The second kappa shape index (κ2) is 12.6. The van der Waals surface area contributed by atoms with Crippen molar-refractivity contribution < 1.29 is 0 Å². The third-order valence-electron chi connectivity index (χ3n) is 4.08. The molecule has 0 aliphatic heterocycles. The van der Waals surface area contributed by atoms with Gasteiger partial charge in [0, 0.05) is 43.3 Å². The first-order chi connectivity index (χ1) is 14.2. The van der Waals surface area contributed by atoms with Crippen molar-refractivity contribution in [2.45, 2.75) is 45.0 Å². The van der Waals surface area contributed by atoms with Crippen LogP contribution < -0.4 is 10.6 Å². The second-order valence-corrected chi connectivity index (χ2v) is 7.33. The lowest BCUT2D eigenvalue weighted by Crippen LogP contribution is -2.34. The predicted molar refractivity (Wildman–Crippen MR) is 124 cm³/mol. The highest BCUT2D eigenvalue weighted by molar-refractivity contribution is 7.98. The summed E-state index contributed by atoms with van der Waals surface area (Å²) in [5.41, 5.74) is 2.48. The molecule has 0 spiro atoms. The molecule has 6 nitrogen and oxygen atoms in total. The summed E-state index contributed by atoms with van der Waals surface area (Å²) >= 11 is 1.46. The molecule has 29 heavy (non-hydrogen) atoms. The van der Waals surface area contributed by atoms with Gasteiger partial charge in [0.15, 0.2) is 0 Å². The molecule has 7 heteroatoms. The first kappa shape index (κ1) is 22.4. The van der Waals surface area contributed by atoms with E-state index in [4.69, 9.17) is 5.26 Å². The molecule has 1 unspecified atom stereocenters. The van der Waals surface area contributed by atoms with E-state index in [2.05, 4.69) is 57.1 Å². The molecule has 0 fully saturated rings. The van der Waals surface area contributed by atoms with Crippen molar-refractivity contribution in [3.63, 3.8) is 0 Å². The van der Waals surface area contributed by atoms with Gasteiger partial charge in [0.2, 0.25) is 5.96 Å². The molecule has 0 amide bonds. The third-order valence-corrected chi connectivity index (χ3v) is 4.97. The lowest BCUT2D eigenvalue weighted by Gasteiger charge is -2.11. The van der Waals surface area contributed by atoms with E-state index in [1.165, 1.54) is 11.9 Å². The minimum absolute atomic E-state index is 0.100. The largest absolute Gasteiger partial charge is 0.359 e. The third kappa shape index (κ3) is 7.59. The molecule has 0 aliphatic carbocycles. The number of nitrogens with one attached hydrogen (secondary N) is 2. The number of pyridine rings is 1. The fraction of sp³-hybridized carbons (Fsp3) is 0.364. The highest BCUT2D eigenvalue weighted by Gasteiger charge is 2.06. The summed E-state index contributed by atoms with van der Waals surface area (Å²) in [6.45, 7) is 4.86. The van der Waals surface area contributed by atoms with Gasteiger partial charge in [0.1, 0.15) is 5.37 Å². The first-order valence-corrected chi connectivity index (χ1v) is 10.7. The van der Waals surface area contributed by atoms with Crippen LogP contribution in [0.3, 0.4) is 0 Å².